The van der Waals surface area contributed by atoms with Gasteiger partial charge in [-0.25, -0.2) is 0 Å². The molecule has 0 spiro atoms. The molecule has 218 valence electrons. The van der Waals surface area contributed by atoms with Crippen molar-refractivity contribution in [2.75, 3.05) is 69.4 Å². The maximum absolute atomic E-state index is 12.5. The van der Waals surface area contributed by atoms with Gasteiger partial charge >= 0.3 is 6.01 Å². The van der Waals surface area contributed by atoms with Gasteiger partial charge < -0.3 is 24.2 Å². The summed E-state index contributed by atoms with van der Waals surface area (Å²) in [5.41, 5.74) is 3.24. The summed E-state index contributed by atoms with van der Waals surface area (Å²) in [6.07, 6.45) is 2.35. The topological polar surface area (TPSA) is 98.1 Å². The molecule has 2 atom stereocenters. The van der Waals surface area contributed by atoms with Crippen LogP contribution in [0.5, 0.6) is 6.01 Å². The van der Waals surface area contributed by atoms with Gasteiger partial charge in [0.2, 0.25) is 5.91 Å². The Balaban J connectivity index is 1.32. The molecule has 1 unspecified atom stereocenters. The van der Waals surface area contributed by atoms with E-state index in [1.54, 1.807) is 4.90 Å². The number of amides is 1. The molecule has 0 bridgehead atoms. The molecule has 3 aromatic rings. The van der Waals surface area contributed by atoms with Crippen LogP contribution in [0.25, 0.3) is 10.8 Å². The Kier molecular flexibility index (Phi) is 8.22. The average molecular weight is 568 g/mol. The van der Waals surface area contributed by atoms with Gasteiger partial charge in [0.15, 0.2) is 0 Å². The van der Waals surface area contributed by atoms with E-state index in [9.17, 15) is 10.1 Å². The van der Waals surface area contributed by atoms with Gasteiger partial charge in [-0.2, -0.15) is 15.2 Å². The molecule has 0 N–H and O–H groups in total. The maximum atomic E-state index is 12.5. The van der Waals surface area contributed by atoms with Gasteiger partial charge in [0.05, 0.1) is 50.0 Å². The summed E-state index contributed by atoms with van der Waals surface area (Å²) in [6.45, 7) is 9.36. The summed E-state index contributed by atoms with van der Waals surface area (Å²) in [6, 6.07) is 17.4. The van der Waals surface area contributed by atoms with Crippen molar-refractivity contribution in [2.24, 2.45) is 0 Å². The number of fused-ring (bicyclic) bond motifs is 2. The Morgan fingerprint density at radius 2 is 1.98 bits per heavy atom. The number of piperazine rings is 1. The number of morpholine rings is 1. The lowest BCUT2D eigenvalue weighted by Gasteiger charge is -2.42. The van der Waals surface area contributed by atoms with Crippen LogP contribution in [0.4, 0.5) is 11.5 Å². The van der Waals surface area contributed by atoms with E-state index in [1.807, 2.05) is 0 Å². The molecule has 2 saturated heterocycles. The highest BCUT2D eigenvalue weighted by Crippen LogP contribution is 2.35. The predicted molar refractivity (Wildman–Crippen MR) is 162 cm³/mol. The number of nitriles is 1. The Bertz CT molecular complexity index is 1500. The first-order chi connectivity index (χ1) is 20.6. The number of rotatable bonds is 7. The average Bonchev–Trinajstić information content (AvgIpc) is 3.03. The molecule has 1 amide bonds. The third-order valence-corrected chi connectivity index (χ3v) is 8.62. The Morgan fingerprint density at radius 1 is 1.12 bits per heavy atom. The van der Waals surface area contributed by atoms with Crippen LogP contribution < -0.4 is 14.5 Å². The zero-order valence-corrected chi connectivity index (χ0v) is 24.1. The van der Waals surface area contributed by atoms with E-state index in [0.29, 0.717) is 45.4 Å². The van der Waals surface area contributed by atoms with Crippen LogP contribution in [0, 0.1) is 11.3 Å². The largest absolute Gasteiger partial charge is 0.462 e. The van der Waals surface area contributed by atoms with E-state index in [2.05, 4.69) is 76.9 Å². The molecule has 6 rings (SSSR count). The minimum atomic E-state index is -0.243. The first kappa shape index (κ1) is 27.9. The van der Waals surface area contributed by atoms with Crippen molar-refractivity contribution < 1.29 is 14.3 Å². The van der Waals surface area contributed by atoms with Crippen LogP contribution in [0.3, 0.4) is 0 Å². The lowest BCUT2D eigenvalue weighted by Crippen LogP contribution is -2.55. The summed E-state index contributed by atoms with van der Waals surface area (Å²) in [5.74, 6) is 0.697. The molecule has 2 aromatic carbocycles. The second kappa shape index (κ2) is 12.3. The number of aromatic nitrogens is 2. The highest BCUT2D eigenvalue weighted by atomic mass is 16.5. The molecule has 10 nitrogen and oxygen atoms in total. The first-order valence-electron chi connectivity index (χ1n) is 14.6. The Labute approximate surface area is 246 Å². The van der Waals surface area contributed by atoms with Gasteiger partial charge in [0, 0.05) is 49.4 Å². The fourth-order valence-corrected chi connectivity index (χ4v) is 6.22. The van der Waals surface area contributed by atoms with E-state index >= 15 is 0 Å². The first-order valence-corrected chi connectivity index (χ1v) is 14.6. The fourth-order valence-electron chi connectivity index (χ4n) is 6.22. The van der Waals surface area contributed by atoms with Gasteiger partial charge in [-0.1, -0.05) is 43.0 Å². The molecular weight excluding hydrogens is 530 g/mol. The highest BCUT2D eigenvalue weighted by Gasteiger charge is 2.33. The number of carbonyl (C=O) groups excluding carboxylic acids is 1. The Hall–Kier alpha value is -4.20. The van der Waals surface area contributed by atoms with Gasteiger partial charge in [-0.3, -0.25) is 9.69 Å². The normalized spacial score (nSPS) is 21.1. The lowest BCUT2D eigenvalue weighted by molar-refractivity contribution is -0.128. The number of benzene rings is 2. The standard InChI is InChI=1S/C32H37N7O3/c1-3-30(40)39-16-15-38(19-24(39)11-13-33)31-27-12-14-37(29-10-6-8-23-7-4-5-9-26(23)29)20-28(27)34-32(35-31)42-22-25-21-41-18-17-36(25)2/h3-10,24-25H,1,11-12,14-22H2,2H3/t24?,25-/m0/s1. The highest BCUT2D eigenvalue weighted by molar-refractivity contribution is 5.94. The molecule has 4 heterocycles. The summed E-state index contributed by atoms with van der Waals surface area (Å²) in [5, 5.41) is 11.9. The van der Waals surface area contributed by atoms with Crippen molar-refractivity contribution in [1.29, 1.82) is 5.26 Å². The smallest absolute Gasteiger partial charge is 0.318 e. The molecule has 2 fully saturated rings. The van der Waals surface area contributed by atoms with Crippen LogP contribution in [-0.4, -0.2) is 97.4 Å². The van der Waals surface area contributed by atoms with Crippen LogP contribution >= 0.6 is 0 Å². The SMILES string of the molecule is C=CC(=O)N1CCN(c2nc(OC[C@@H]3COCCN3C)nc3c2CCN(c2cccc4ccccc24)C3)CC1CC#N. The monoisotopic (exact) mass is 567 g/mol. The minimum Gasteiger partial charge on any atom is -0.462 e. The van der Waals surface area contributed by atoms with Crippen molar-refractivity contribution in [3.63, 3.8) is 0 Å². The van der Waals surface area contributed by atoms with E-state index < -0.39 is 0 Å². The molecule has 42 heavy (non-hydrogen) atoms. The number of carbonyl (C=O) groups is 1. The van der Waals surface area contributed by atoms with Crippen molar-refractivity contribution in [3.8, 4) is 12.1 Å². The quantitative estimate of drug-likeness (QED) is 0.399. The van der Waals surface area contributed by atoms with Gasteiger partial charge in [-0.05, 0) is 31.0 Å². The van der Waals surface area contributed by atoms with E-state index in [-0.39, 0.29) is 24.4 Å². The fraction of sp³-hybridized carbons (Fsp3) is 0.438. The molecular formula is C32H37N7O3. The second-order valence-electron chi connectivity index (χ2n) is 11.1. The molecule has 0 aliphatic carbocycles. The van der Waals surface area contributed by atoms with E-state index in [1.165, 1.54) is 22.5 Å². The molecule has 1 aromatic heterocycles. The number of hydrogen-bond acceptors (Lipinski definition) is 9. The van der Waals surface area contributed by atoms with Crippen molar-refractivity contribution >= 4 is 28.2 Å². The number of ether oxygens (including phenoxy) is 2. The third kappa shape index (κ3) is 5.62. The van der Waals surface area contributed by atoms with Gasteiger partial charge in [0.25, 0.3) is 0 Å². The predicted octanol–water partition coefficient (Wildman–Crippen LogP) is 3.02. The second-order valence-corrected chi connectivity index (χ2v) is 11.1. The van der Waals surface area contributed by atoms with Crippen molar-refractivity contribution in [3.05, 3.63) is 66.4 Å². The summed E-state index contributed by atoms with van der Waals surface area (Å²) in [7, 11) is 2.08. The number of nitrogens with zero attached hydrogens (tertiary/aromatic N) is 7. The minimum absolute atomic E-state index is 0.127. The summed E-state index contributed by atoms with van der Waals surface area (Å²) >= 11 is 0. The third-order valence-electron chi connectivity index (χ3n) is 8.62. The van der Waals surface area contributed by atoms with Crippen LogP contribution in [0.15, 0.2) is 55.1 Å². The van der Waals surface area contributed by atoms with Gasteiger partial charge in [-0.15, -0.1) is 0 Å². The Morgan fingerprint density at radius 3 is 2.81 bits per heavy atom. The zero-order chi connectivity index (χ0) is 29.1. The molecule has 10 heteroatoms. The molecule has 0 radical (unpaired) electrons. The number of anilines is 2. The van der Waals surface area contributed by atoms with Gasteiger partial charge in [0.1, 0.15) is 12.4 Å². The summed E-state index contributed by atoms with van der Waals surface area (Å²) < 4.78 is 11.9. The van der Waals surface area contributed by atoms with Crippen LogP contribution in [-0.2, 0) is 22.5 Å². The molecule has 3 aliphatic rings. The van der Waals surface area contributed by atoms with Crippen molar-refractivity contribution in [1.82, 2.24) is 19.8 Å². The number of likely N-dealkylation sites (N-methyl/N-ethyl adjacent to an activating group) is 1. The van der Waals surface area contributed by atoms with Crippen LogP contribution in [0.2, 0.25) is 0 Å². The molecule has 0 saturated carbocycles. The van der Waals surface area contributed by atoms with Crippen molar-refractivity contribution in [2.45, 2.75) is 31.5 Å². The van der Waals surface area contributed by atoms with E-state index in [0.717, 1.165) is 43.2 Å². The van der Waals surface area contributed by atoms with E-state index in [4.69, 9.17) is 19.4 Å². The van der Waals surface area contributed by atoms with Crippen LogP contribution in [0.1, 0.15) is 17.7 Å². The number of hydrogen-bond donors (Lipinski definition) is 0. The zero-order valence-electron chi connectivity index (χ0n) is 24.1. The lowest BCUT2D eigenvalue weighted by atomic mass is 10.0. The maximum Gasteiger partial charge on any atom is 0.318 e. The molecule has 3 aliphatic heterocycles. The summed E-state index contributed by atoms with van der Waals surface area (Å²) in [4.78, 5) is 31.0.